The van der Waals surface area contributed by atoms with Gasteiger partial charge in [-0.05, 0) is 37.1 Å². The number of carboxylic acid groups (broad SMARTS) is 1. The van der Waals surface area contributed by atoms with Crippen LogP contribution in [0.4, 0.5) is 10.5 Å². The van der Waals surface area contributed by atoms with Gasteiger partial charge in [-0.15, -0.1) is 0 Å². The van der Waals surface area contributed by atoms with Crippen molar-refractivity contribution in [1.29, 1.82) is 0 Å². The number of anilines is 1. The Bertz CT molecular complexity index is 491. The van der Waals surface area contributed by atoms with Gasteiger partial charge >= 0.3 is 6.09 Å². The van der Waals surface area contributed by atoms with Crippen molar-refractivity contribution >= 4 is 23.4 Å². The first kappa shape index (κ1) is 13.6. The monoisotopic (exact) mass is 294 g/mol. The Balaban J connectivity index is 1.86. The van der Waals surface area contributed by atoms with Crippen LogP contribution in [0.5, 0.6) is 0 Å². The van der Waals surface area contributed by atoms with Crippen LogP contribution in [-0.2, 0) is 0 Å². The van der Waals surface area contributed by atoms with E-state index < -0.39 is 6.09 Å². The molecule has 1 aliphatic carbocycles. The van der Waals surface area contributed by atoms with E-state index in [-0.39, 0.29) is 6.04 Å². The van der Waals surface area contributed by atoms with Crippen LogP contribution in [0, 0.1) is 0 Å². The summed E-state index contributed by atoms with van der Waals surface area (Å²) in [6.07, 6.45) is 3.56. The first-order valence-electron chi connectivity index (χ1n) is 7.18. The van der Waals surface area contributed by atoms with Gasteiger partial charge in [-0.3, -0.25) is 0 Å². The number of carbonyl (C=O) groups is 1. The van der Waals surface area contributed by atoms with E-state index in [2.05, 4.69) is 4.90 Å². The van der Waals surface area contributed by atoms with Gasteiger partial charge < -0.3 is 14.9 Å². The normalized spacial score (nSPS) is 26.2. The number of piperazine rings is 1. The molecule has 5 heteroatoms. The molecule has 1 aromatic carbocycles. The van der Waals surface area contributed by atoms with Crippen molar-refractivity contribution in [3.8, 4) is 0 Å². The topological polar surface area (TPSA) is 43.8 Å². The van der Waals surface area contributed by atoms with Crippen LogP contribution in [0.25, 0.3) is 0 Å². The zero-order valence-electron chi connectivity index (χ0n) is 11.3. The molecule has 1 aromatic rings. The molecule has 2 aliphatic rings. The molecule has 1 saturated heterocycles. The molecule has 1 saturated carbocycles. The van der Waals surface area contributed by atoms with Crippen LogP contribution in [0.3, 0.4) is 0 Å². The highest BCUT2D eigenvalue weighted by molar-refractivity contribution is 6.30. The van der Waals surface area contributed by atoms with Gasteiger partial charge in [0.05, 0.1) is 6.04 Å². The highest BCUT2D eigenvalue weighted by Gasteiger charge is 2.40. The van der Waals surface area contributed by atoms with Gasteiger partial charge in [0.2, 0.25) is 0 Å². The summed E-state index contributed by atoms with van der Waals surface area (Å²) in [7, 11) is 0. The van der Waals surface area contributed by atoms with Crippen LogP contribution in [0.1, 0.15) is 25.7 Å². The van der Waals surface area contributed by atoms with Gasteiger partial charge in [0, 0.05) is 29.8 Å². The lowest BCUT2D eigenvalue weighted by molar-refractivity contribution is 0.0876. The average Bonchev–Trinajstić information content (AvgIpc) is 2.47. The standard InChI is InChI=1S/C15H19ClN2O2/c16-11-5-7-12(8-6-11)17-9-10-18(15(19)20)14-4-2-1-3-13(14)17/h5-8,13-14H,1-4,9-10H2,(H,19,20). The summed E-state index contributed by atoms with van der Waals surface area (Å²) in [5, 5.41) is 10.1. The van der Waals surface area contributed by atoms with E-state index in [4.69, 9.17) is 11.6 Å². The lowest BCUT2D eigenvalue weighted by Crippen LogP contribution is -2.62. The molecular weight excluding hydrogens is 276 g/mol. The van der Waals surface area contributed by atoms with E-state index in [9.17, 15) is 9.90 Å². The fraction of sp³-hybridized carbons (Fsp3) is 0.533. The number of hydrogen-bond donors (Lipinski definition) is 1. The summed E-state index contributed by atoms with van der Waals surface area (Å²) in [4.78, 5) is 15.4. The smallest absolute Gasteiger partial charge is 0.407 e. The predicted octanol–water partition coefficient (Wildman–Crippen LogP) is 3.45. The second kappa shape index (κ2) is 5.52. The van der Waals surface area contributed by atoms with Crippen molar-refractivity contribution in [3.05, 3.63) is 29.3 Å². The predicted molar refractivity (Wildman–Crippen MR) is 79.6 cm³/mol. The Hall–Kier alpha value is -1.42. The zero-order chi connectivity index (χ0) is 14.1. The second-order valence-corrected chi connectivity index (χ2v) is 6.00. The highest BCUT2D eigenvalue weighted by Crippen LogP contribution is 2.33. The maximum absolute atomic E-state index is 11.4. The Morgan fingerprint density at radius 3 is 2.40 bits per heavy atom. The van der Waals surface area contributed by atoms with E-state index in [0.717, 1.165) is 36.5 Å². The van der Waals surface area contributed by atoms with Crippen LogP contribution in [0.15, 0.2) is 24.3 Å². The highest BCUT2D eigenvalue weighted by atomic mass is 35.5. The molecule has 1 N–H and O–H groups in total. The third-order valence-corrected chi connectivity index (χ3v) is 4.73. The maximum atomic E-state index is 11.4. The van der Waals surface area contributed by atoms with Gasteiger partial charge in [-0.2, -0.15) is 0 Å². The molecule has 0 bridgehead atoms. The zero-order valence-corrected chi connectivity index (χ0v) is 12.1. The summed E-state index contributed by atoms with van der Waals surface area (Å²) in [6, 6.07) is 8.30. The third kappa shape index (κ3) is 2.44. The Labute approximate surface area is 123 Å². The number of nitrogens with zero attached hydrogens (tertiary/aromatic N) is 2. The number of rotatable bonds is 1. The number of fused-ring (bicyclic) bond motifs is 1. The van der Waals surface area contributed by atoms with Crippen molar-refractivity contribution in [2.75, 3.05) is 18.0 Å². The van der Waals surface area contributed by atoms with Crippen molar-refractivity contribution in [1.82, 2.24) is 4.90 Å². The van der Waals surface area contributed by atoms with Crippen LogP contribution in [-0.4, -0.2) is 41.3 Å². The fourth-order valence-corrected chi connectivity index (χ4v) is 3.68. The lowest BCUT2D eigenvalue weighted by atomic mass is 9.86. The molecule has 20 heavy (non-hydrogen) atoms. The minimum atomic E-state index is -0.780. The quantitative estimate of drug-likeness (QED) is 0.863. The lowest BCUT2D eigenvalue weighted by Gasteiger charge is -2.49. The Morgan fingerprint density at radius 2 is 1.75 bits per heavy atom. The summed E-state index contributed by atoms with van der Waals surface area (Å²) in [6.45, 7) is 1.34. The van der Waals surface area contributed by atoms with Gasteiger partial charge in [0.1, 0.15) is 0 Å². The van der Waals surface area contributed by atoms with Crippen molar-refractivity contribution < 1.29 is 9.90 Å². The molecule has 0 radical (unpaired) electrons. The van der Waals surface area contributed by atoms with Crippen LogP contribution in [0.2, 0.25) is 5.02 Å². The molecule has 2 unspecified atom stereocenters. The number of halogens is 1. The molecule has 0 aromatic heterocycles. The number of hydrogen-bond acceptors (Lipinski definition) is 2. The minimum absolute atomic E-state index is 0.130. The van der Waals surface area contributed by atoms with Crippen LogP contribution >= 0.6 is 11.6 Å². The second-order valence-electron chi connectivity index (χ2n) is 5.56. The van der Waals surface area contributed by atoms with Crippen LogP contribution < -0.4 is 4.90 Å². The van der Waals surface area contributed by atoms with Crippen molar-refractivity contribution in [3.63, 3.8) is 0 Å². The average molecular weight is 295 g/mol. The van der Waals surface area contributed by atoms with E-state index >= 15 is 0 Å². The first-order chi connectivity index (χ1) is 9.66. The largest absolute Gasteiger partial charge is 0.465 e. The molecule has 0 spiro atoms. The first-order valence-corrected chi connectivity index (χ1v) is 7.56. The van der Waals surface area contributed by atoms with E-state index in [1.165, 1.54) is 6.42 Å². The summed E-state index contributed by atoms with van der Waals surface area (Å²) in [5.74, 6) is 0. The van der Waals surface area contributed by atoms with Gasteiger partial charge in [-0.25, -0.2) is 4.79 Å². The molecule has 1 amide bonds. The number of amides is 1. The van der Waals surface area contributed by atoms with Gasteiger partial charge in [-0.1, -0.05) is 24.4 Å². The van der Waals surface area contributed by atoms with Gasteiger partial charge in [0.15, 0.2) is 0 Å². The molecule has 3 rings (SSSR count). The van der Waals surface area contributed by atoms with E-state index in [1.807, 2.05) is 24.3 Å². The molecule has 1 aliphatic heterocycles. The summed E-state index contributed by atoms with van der Waals surface area (Å²) in [5.41, 5.74) is 1.15. The molecular formula is C15H19ClN2O2. The molecule has 1 heterocycles. The molecule has 2 atom stereocenters. The third-order valence-electron chi connectivity index (χ3n) is 4.48. The van der Waals surface area contributed by atoms with Gasteiger partial charge in [0.25, 0.3) is 0 Å². The molecule has 4 nitrogen and oxygen atoms in total. The van der Waals surface area contributed by atoms with E-state index in [1.54, 1.807) is 4.90 Å². The molecule has 108 valence electrons. The number of benzene rings is 1. The molecule has 2 fully saturated rings. The minimum Gasteiger partial charge on any atom is -0.465 e. The Morgan fingerprint density at radius 1 is 1.10 bits per heavy atom. The Kier molecular flexibility index (Phi) is 3.74. The summed E-state index contributed by atoms with van der Waals surface area (Å²) < 4.78 is 0. The van der Waals surface area contributed by atoms with Crippen molar-refractivity contribution in [2.45, 2.75) is 37.8 Å². The van der Waals surface area contributed by atoms with E-state index in [0.29, 0.717) is 12.6 Å². The SMILES string of the molecule is O=C(O)N1CCN(c2ccc(Cl)cc2)C2CCCCC21. The maximum Gasteiger partial charge on any atom is 0.407 e. The van der Waals surface area contributed by atoms with Crippen molar-refractivity contribution in [2.24, 2.45) is 0 Å². The fourth-order valence-electron chi connectivity index (χ4n) is 3.56. The summed E-state index contributed by atoms with van der Waals surface area (Å²) >= 11 is 5.95.